The normalized spacial score (nSPS) is 12.0. The first-order valence-corrected chi connectivity index (χ1v) is 9.40. The maximum Gasteiger partial charge on any atom is 0.333 e. The summed E-state index contributed by atoms with van der Waals surface area (Å²) < 4.78 is 15.8. The second kappa shape index (κ2) is 10.9. The van der Waals surface area contributed by atoms with Crippen LogP contribution in [-0.2, 0) is 14.3 Å². The number of carbonyl (C=O) groups is 2. The molecule has 1 rings (SSSR count). The average Bonchev–Trinajstić information content (AvgIpc) is 2.65. The predicted molar refractivity (Wildman–Crippen MR) is 115 cm³/mol. The Labute approximate surface area is 177 Å². The number of carbonyl (C=O) groups excluding carboxylic acids is 2. The smallest absolute Gasteiger partial charge is 0.333 e. The molecule has 4 N–H and O–H groups in total. The van der Waals surface area contributed by atoms with Gasteiger partial charge in [-0.05, 0) is 58.9 Å². The summed E-state index contributed by atoms with van der Waals surface area (Å²) in [6.07, 6.45) is 2.54. The molecule has 0 unspecified atom stereocenters. The van der Waals surface area contributed by atoms with E-state index < -0.39 is 11.9 Å². The van der Waals surface area contributed by atoms with Gasteiger partial charge in [0.15, 0.2) is 11.5 Å². The first-order chi connectivity index (χ1) is 14.0. The molecule has 8 heteroatoms. The summed E-state index contributed by atoms with van der Waals surface area (Å²) in [6, 6.07) is 2.82. The Morgan fingerprint density at radius 3 is 2.27 bits per heavy atom. The molecule has 1 aromatic rings. The monoisotopic (exact) mass is 418 g/mol. The Morgan fingerprint density at radius 2 is 1.73 bits per heavy atom. The molecule has 0 atom stereocenters. The van der Waals surface area contributed by atoms with Gasteiger partial charge in [0.25, 0.3) is 5.91 Å². The highest BCUT2D eigenvalue weighted by molar-refractivity contribution is 6.00. The molecule has 0 saturated heterocycles. The number of rotatable bonds is 9. The van der Waals surface area contributed by atoms with Crippen molar-refractivity contribution in [1.82, 2.24) is 5.32 Å². The fraction of sp³-hybridized carbons (Fsp3) is 0.364. The van der Waals surface area contributed by atoms with Gasteiger partial charge in [0.2, 0.25) is 0 Å². The van der Waals surface area contributed by atoms with Crippen molar-refractivity contribution in [2.24, 2.45) is 0 Å². The summed E-state index contributed by atoms with van der Waals surface area (Å²) in [6.45, 7) is 12.6. The number of allylic oxidation sites excluding steroid dienone is 2. The van der Waals surface area contributed by atoms with Gasteiger partial charge in [-0.2, -0.15) is 0 Å². The van der Waals surface area contributed by atoms with E-state index in [1.54, 1.807) is 20.8 Å². The van der Waals surface area contributed by atoms with E-state index in [0.717, 1.165) is 0 Å². The molecule has 0 saturated carbocycles. The third-order valence-electron chi connectivity index (χ3n) is 3.70. The molecule has 0 aliphatic heterocycles. The minimum absolute atomic E-state index is 0.0607. The number of nitrogens with two attached hydrogens (primary N) is 1. The molecule has 1 aromatic carbocycles. The number of ether oxygens (including phenoxy) is 3. The number of amides is 1. The molecule has 1 amide bonds. The summed E-state index contributed by atoms with van der Waals surface area (Å²) in [7, 11) is 1.31. The molecule has 0 spiro atoms. The van der Waals surface area contributed by atoms with Crippen LogP contribution < -0.4 is 15.8 Å². The third kappa shape index (κ3) is 6.88. The highest BCUT2D eigenvalue weighted by Crippen LogP contribution is 2.35. The summed E-state index contributed by atoms with van der Waals surface area (Å²) in [4.78, 5) is 24.8. The maximum atomic E-state index is 12.8. The summed E-state index contributed by atoms with van der Waals surface area (Å²) in [5.74, 6) is -1.27. The molecule has 8 nitrogen and oxygen atoms in total. The van der Waals surface area contributed by atoms with E-state index in [-0.39, 0.29) is 46.4 Å². The van der Waals surface area contributed by atoms with Gasteiger partial charge in [-0.1, -0.05) is 6.58 Å². The van der Waals surface area contributed by atoms with Gasteiger partial charge < -0.3 is 30.4 Å². The van der Waals surface area contributed by atoms with Crippen LogP contribution in [0, 0.1) is 0 Å². The van der Waals surface area contributed by atoms with E-state index in [1.165, 1.54) is 31.4 Å². The second-order valence-electron chi connectivity index (χ2n) is 7.01. The molecule has 0 aliphatic rings. The fourth-order valence-corrected chi connectivity index (χ4v) is 2.30. The maximum absolute atomic E-state index is 12.8. The van der Waals surface area contributed by atoms with E-state index in [4.69, 9.17) is 19.9 Å². The highest BCUT2D eigenvalue weighted by Gasteiger charge is 2.20. The Kier molecular flexibility index (Phi) is 8.98. The van der Waals surface area contributed by atoms with Gasteiger partial charge in [0.1, 0.15) is 5.76 Å². The van der Waals surface area contributed by atoms with E-state index in [1.807, 2.05) is 13.8 Å². The molecule has 30 heavy (non-hydrogen) atoms. The van der Waals surface area contributed by atoms with Crippen molar-refractivity contribution >= 4 is 17.6 Å². The van der Waals surface area contributed by atoms with Crippen LogP contribution in [0.15, 0.2) is 47.9 Å². The molecule has 0 aliphatic carbocycles. The Hall–Kier alpha value is -3.42. The SMILES string of the molecule is C=C(OC(C)C)/C(=C\C=C(/C)C(=O)OC(C)C)NC(=O)c1ccc(N)c(O)c1OC. The van der Waals surface area contributed by atoms with Crippen LogP contribution in [0.2, 0.25) is 0 Å². The molecule has 0 bridgehead atoms. The lowest BCUT2D eigenvalue weighted by atomic mass is 10.1. The Balaban J connectivity index is 3.25. The van der Waals surface area contributed by atoms with Crippen LogP contribution in [0.3, 0.4) is 0 Å². The minimum Gasteiger partial charge on any atom is -0.503 e. The molecule has 164 valence electrons. The Bertz CT molecular complexity index is 869. The van der Waals surface area contributed by atoms with Crippen LogP contribution in [0.25, 0.3) is 0 Å². The van der Waals surface area contributed by atoms with Crippen LogP contribution in [0.1, 0.15) is 45.0 Å². The summed E-state index contributed by atoms with van der Waals surface area (Å²) in [5.41, 5.74) is 6.35. The van der Waals surface area contributed by atoms with Gasteiger partial charge in [-0.25, -0.2) is 4.79 Å². The zero-order chi connectivity index (χ0) is 23.0. The molecule has 0 fully saturated rings. The number of esters is 1. The fourth-order valence-electron chi connectivity index (χ4n) is 2.30. The topological polar surface area (TPSA) is 120 Å². The van der Waals surface area contributed by atoms with Crippen molar-refractivity contribution in [2.45, 2.75) is 46.8 Å². The van der Waals surface area contributed by atoms with Crippen molar-refractivity contribution < 1.29 is 28.9 Å². The number of benzene rings is 1. The number of anilines is 1. The zero-order valence-corrected chi connectivity index (χ0v) is 18.2. The number of nitrogens with one attached hydrogen (secondary N) is 1. The van der Waals surface area contributed by atoms with E-state index in [9.17, 15) is 14.7 Å². The van der Waals surface area contributed by atoms with Crippen molar-refractivity contribution in [3.05, 3.63) is 53.5 Å². The van der Waals surface area contributed by atoms with E-state index in [2.05, 4.69) is 11.9 Å². The number of hydrogen-bond donors (Lipinski definition) is 3. The van der Waals surface area contributed by atoms with Crippen LogP contribution in [0.4, 0.5) is 5.69 Å². The lowest BCUT2D eigenvalue weighted by molar-refractivity contribution is -0.142. The van der Waals surface area contributed by atoms with Crippen molar-refractivity contribution in [1.29, 1.82) is 0 Å². The summed E-state index contributed by atoms with van der Waals surface area (Å²) in [5, 5.41) is 12.7. The number of aromatic hydroxyl groups is 1. The third-order valence-corrected chi connectivity index (χ3v) is 3.70. The molecular formula is C22H30N2O6. The van der Waals surface area contributed by atoms with Gasteiger partial charge >= 0.3 is 5.97 Å². The van der Waals surface area contributed by atoms with Crippen LogP contribution in [0.5, 0.6) is 11.5 Å². The number of nitrogen functional groups attached to an aromatic ring is 1. The predicted octanol–water partition coefficient (Wildman–Crippen LogP) is 3.43. The van der Waals surface area contributed by atoms with Crippen molar-refractivity contribution in [2.75, 3.05) is 12.8 Å². The number of methoxy groups -OCH3 is 1. The van der Waals surface area contributed by atoms with Crippen molar-refractivity contribution in [3.8, 4) is 11.5 Å². The zero-order valence-electron chi connectivity index (χ0n) is 18.2. The quantitative estimate of drug-likeness (QED) is 0.140. The van der Waals surface area contributed by atoms with E-state index in [0.29, 0.717) is 5.57 Å². The van der Waals surface area contributed by atoms with Gasteiger partial charge in [0, 0.05) is 5.57 Å². The standard InChI is InChI=1S/C22H30N2O6/c1-12(2)29-15(6)18(11-8-14(5)22(27)30-13(3)4)24-21(26)16-9-10-17(23)19(25)20(16)28-7/h8-13,25H,6,23H2,1-5,7H3,(H,24,26)/b14-8+,18-11+. The molecule has 0 heterocycles. The number of phenols is 1. The second-order valence-corrected chi connectivity index (χ2v) is 7.01. The van der Waals surface area contributed by atoms with E-state index >= 15 is 0 Å². The molecule has 0 radical (unpaired) electrons. The average molecular weight is 418 g/mol. The first-order valence-electron chi connectivity index (χ1n) is 9.40. The van der Waals surface area contributed by atoms with Crippen LogP contribution in [-0.4, -0.2) is 36.3 Å². The Morgan fingerprint density at radius 1 is 1.13 bits per heavy atom. The van der Waals surface area contributed by atoms with Crippen LogP contribution >= 0.6 is 0 Å². The first kappa shape index (κ1) is 24.6. The van der Waals surface area contributed by atoms with Gasteiger partial charge in [0.05, 0.1) is 36.3 Å². The molecule has 0 aromatic heterocycles. The molecular weight excluding hydrogens is 388 g/mol. The summed E-state index contributed by atoms with van der Waals surface area (Å²) >= 11 is 0. The lowest BCUT2D eigenvalue weighted by Gasteiger charge is -2.17. The van der Waals surface area contributed by atoms with Gasteiger partial charge in [-0.3, -0.25) is 4.79 Å². The van der Waals surface area contributed by atoms with Gasteiger partial charge in [-0.15, -0.1) is 0 Å². The number of hydrogen-bond acceptors (Lipinski definition) is 7. The highest BCUT2D eigenvalue weighted by atomic mass is 16.5. The van der Waals surface area contributed by atoms with Crippen molar-refractivity contribution in [3.63, 3.8) is 0 Å². The lowest BCUT2D eigenvalue weighted by Crippen LogP contribution is -2.25. The minimum atomic E-state index is -0.585. The number of phenolic OH excluding ortho intramolecular Hbond substituents is 1. The largest absolute Gasteiger partial charge is 0.503 e.